The van der Waals surface area contributed by atoms with Gasteiger partial charge in [0.25, 0.3) is 5.91 Å². The highest BCUT2D eigenvalue weighted by Crippen LogP contribution is 2.16. The Bertz CT molecular complexity index is 901. The number of hydrogen-bond donors (Lipinski definition) is 2. The van der Waals surface area contributed by atoms with E-state index in [2.05, 4.69) is 10.6 Å². The molecule has 1 aliphatic rings. The summed E-state index contributed by atoms with van der Waals surface area (Å²) >= 11 is 0. The first-order valence-electron chi connectivity index (χ1n) is 9.26. The first kappa shape index (κ1) is 20.3. The fourth-order valence-electron chi connectivity index (χ4n) is 3.08. The first-order valence-corrected chi connectivity index (χ1v) is 9.26. The van der Waals surface area contributed by atoms with Crippen LogP contribution in [0.15, 0.2) is 48.5 Å². The largest absolute Gasteiger partial charge is 0.497 e. The van der Waals surface area contributed by atoms with Gasteiger partial charge in [0.1, 0.15) is 17.6 Å². The van der Waals surface area contributed by atoms with E-state index >= 15 is 0 Å². The third-order valence-corrected chi connectivity index (χ3v) is 4.66. The van der Waals surface area contributed by atoms with Gasteiger partial charge in [0.05, 0.1) is 7.11 Å². The van der Waals surface area contributed by atoms with Gasteiger partial charge < -0.3 is 15.4 Å². The minimum atomic E-state index is -0.739. The first-order chi connectivity index (χ1) is 14.0. The predicted octanol–water partition coefficient (Wildman–Crippen LogP) is 2.72. The lowest BCUT2D eigenvalue weighted by atomic mass is 10.1. The molecule has 2 aromatic rings. The van der Waals surface area contributed by atoms with E-state index in [0.717, 1.165) is 11.3 Å². The maximum atomic E-state index is 13.2. The summed E-state index contributed by atoms with van der Waals surface area (Å²) in [6, 6.07) is 11.8. The Morgan fingerprint density at radius 1 is 1.21 bits per heavy atom. The number of nitrogens with zero attached hydrogens (tertiary/aromatic N) is 1. The van der Waals surface area contributed by atoms with E-state index in [1.54, 1.807) is 13.2 Å². The zero-order chi connectivity index (χ0) is 20.8. The maximum absolute atomic E-state index is 13.2. The van der Waals surface area contributed by atoms with Crippen LogP contribution in [-0.4, -0.2) is 42.4 Å². The number of ether oxygens (including phenoxy) is 1. The summed E-state index contributed by atoms with van der Waals surface area (Å²) in [6.07, 6.45) is 0.722. The Hall–Kier alpha value is -3.42. The van der Waals surface area contributed by atoms with Crippen LogP contribution in [0.25, 0.3) is 0 Å². The summed E-state index contributed by atoms with van der Waals surface area (Å²) in [5.74, 6) is -0.412. The molecule has 29 heavy (non-hydrogen) atoms. The van der Waals surface area contributed by atoms with Crippen LogP contribution < -0.4 is 15.4 Å². The van der Waals surface area contributed by atoms with Crippen molar-refractivity contribution in [3.05, 3.63) is 59.9 Å². The van der Waals surface area contributed by atoms with E-state index in [1.165, 1.54) is 23.1 Å². The molecule has 1 saturated heterocycles. The van der Waals surface area contributed by atoms with Gasteiger partial charge >= 0.3 is 6.03 Å². The number of methoxy groups -OCH3 is 1. The Balaban J connectivity index is 1.48. The van der Waals surface area contributed by atoms with Crippen LogP contribution in [0, 0.1) is 5.82 Å². The maximum Gasteiger partial charge on any atom is 0.324 e. The highest BCUT2D eigenvalue weighted by Gasteiger charge is 2.37. The Morgan fingerprint density at radius 3 is 2.66 bits per heavy atom. The van der Waals surface area contributed by atoms with Crippen LogP contribution in [0.2, 0.25) is 0 Å². The molecule has 8 heteroatoms. The predicted molar refractivity (Wildman–Crippen MR) is 105 cm³/mol. The molecular weight excluding hydrogens is 377 g/mol. The molecule has 2 N–H and O–H groups in total. The second kappa shape index (κ2) is 9.18. The Morgan fingerprint density at radius 2 is 1.97 bits per heavy atom. The number of imide groups is 1. The molecule has 7 nitrogen and oxygen atoms in total. The van der Waals surface area contributed by atoms with Gasteiger partial charge in [-0.3, -0.25) is 14.5 Å². The van der Waals surface area contributed by atoms with Crippen molar-refractivity contribution in [1.82, 2.24) is 10.2 Å². The molecule has 0 aliphatic carbocycles. The molecule has 0 bridgehead atoms. The van der Waals surface area contributed by atoms with Gasteiger partial charge in [0.15, 0.2) is 0 Å². The number of urea groups is 1. The van der Waals surface area contributed by atoms with Crippen molar-refractivity contribution in [2.24, 2.45) is 0 Å². The van der Waals surface area contributed by atoms with Crippen LogP contribution in [0.5, 0.6) is 5.75 Å². The average molecular weight is 399 g/mol. The SMILES string of the molecule is COc1ccc(CCN2C(=O)N[C@@H](CCC(=O)Nc3cccc(F)c3)C2=O)cc1. The molecule has 1 atom stereocenters. The van der Waals surface area contributed by atoms with Gasteiger partial charge in [0, 0.05) is 18.7 Å². The molecule has 0 radical (unpaired) electrons. The van der Waals surface area contributed by atoms with Crippen LogP contribution in [0.1, 0.15) is 18.4 Å². The van der Waals surface area contributed by atoms with E-state index in [-0.39, 0.29) is 31.2 Å². The summed E-state index contributed by atoms with van der Waals surface area (Å²) < 4.78 is 18.3. The number of nitrogens with one attached hydrogen (secondary N) is 2. The lowest BCUT2D eigenvalue weighted by Crippen LogP contribution is -2.33. The molecule has 1 fully saturated rings. The number of hydrogen-bond acceptors (Lipinski definition) is 4. The molecule has 1 heterocycles. The Labute approximate surface area is 167 Å². The molecule has 3 rings (SSSR count). The molecule has 0 aromatic heterocycles. The normalized spacial score (nSPS) is 15.9. The van der Waals surface area contributed by atoms with Gasteiger partial charge in [-0.05, 0) is 48.7 Å². The van der Waals surface area contributed by atoms with Gasteiger partial charge in [-0.1, -0.05) is 18.2 Å². The smallest absolute Gasteiger partial charge is 0.324 e. The van der Waals surface area contributed by atoms with Crippen LogP contribution >= 0.6 is 0 Å². The minimum absolute atomic E-state index is 0.0273. The van der Waals surface area contributed by atoms with Gasteiger partial charge in [0.2, 0.25) is 5.91 Å². The van der Waals surface area contributed by atoms with E-state index in [1.807, 2.05) is 24.3 Å². The number of benzene rings is 2. The summed E-state index contributed by atoms with van der Waals surface area (Å²) in [4.78, 5) is 37.8. The van der Waals surface area contributed by atoms with Gasteiger partial charge in [-0.25, -0.2) is 9.18 Å². The minimum Gasteiger partial charge on any atom is -0.497 e. The number of halogens is 1. The second-order valence-corrected chi connectivity index (χ2v) is 6.69. The lowest BCUT2D eigenvalue weighted by Gasteiger charge is -2.13. The second-order valence-electron chi connectivity index (χ2n) is 6.69. The molecule has 4 amide bonds. The summed E-state index contributed by atoms with van der Waals surface area (Å²) in [5, 5.41) is 5.19. The molecule has 2 aromatic carbocycles. The lowest BCUT2D eigenvalue weighted by molar-refractivity contribution is -0.127. The van der Waals surface area contributed by atoms with Gasteiger partial charge in [-0.2, -0.15) is 0 Å². The number of carbonyl (C=O) groups is 3. The van der Waals surface area contributed by atoms with Crippen LogP contribution in [0.4, 0.5) is 14.9 Å². The topological polar surface area (TPSA) is 87.7 Å². The quantitative estimate of drug-likeness (QED) is 0.668. The number of carbonyl (C=O) groups excluding carboxylic acids is 3. The van der Waals surface area contributed by atoms with E-state index < -0.39 is 17.9 Å². The average Bonchev–Trinajstić information content (AvgIpc) is 2.98. The van der Waals surface area contributed by atoms with Crippen molar-refractivity contribution in [1.29, 1.82) is 0 Å². The molecule has 1 aliphatic heterocycles. The van der Waals surface area contributed by atoms with E-state index in [0.29, 0.717) is 12.1 Å². The van der Waals surface area contributed by atoms with E-state index in [9.17, 15) is 18.8 Å². The summed E-state index contributed by atoms with van der Waals surface area (Å²) in [6.45, 7) is 0.253. The molecule has 0 spiro atoms. The summed E-state index contributed by atoms with van der Waals surface area (Å²) in [5.41, 5.74) is 1.32. The third kappa shape index (κ3) is 5.31. The molecule has 152 valence electrons. The molecule has 0 saturated carbocycles. The fraction of sp³-hybridized carbons (Fsp3) is 0.286. The zero-order valence-electron chi connectivity index (χ0n) is 16.0. The van der Waals surface area contributed by atoms with Gasteiger partial charge in [-0.15, -0.1) is 0 Å². The van der Waals surface area contributed by atoms with Crippen molar-refractivity contribution in [2.45, 2.75) is 25.3 Å². The summed E-state index contributed by atoms with van der Waals surface area (Å²) in [7, 11) is 1.58. The number of anilines is 1. The highest BCUT2D eigenvalue weighted by atomic mass is 19.1. The van der Waals surface area contributed by atoms with Crippen molar-refractivity contribution in [3.63, 3.8) is 0 Å². The van der Waals surface area contributed by atoms with Crippen molar-refractivity contribution in [3.8, 4) is 5.75 Å². The van der Waals surface area contributed by atoms with Crippen molar-refractivity contribution < 1.29 is 23.5 Å². The van der Waals surface area contributed by atoms with E-state index in [4.69, 9.17) is 4.74 Å². The fourth-order valence-corrected chi connectivity index (χ4v) is 3.08. The molecular formula is C21H22FN3O4. The Kier molecular flexibility index (Phi) is 6.43. The van der Waals surface area contributed by atoms with Crippen LogP contribution in [0.3, 0.4) is 0 Å². The number of amides is 4. The monoisotopic (exact) mass is 399 g/mol. The zero-order valence-corrected chi connectivity index (χ0v) is 16.0. The van der Waals surface area contributed by atoms with Crippen LogP contribution in [-0.2, 0) is 16.0 Å². The molecule has 0 unspecified atom stereocenters. The number of rotatable bonds is 8. The highest BCUT2D eigenvalue weighted by molar-refractivity contribution is 6.04. The third-order valence-electron chi connectivity index (χ3n) is 4.66. The standard InChI is InChI=1S/C21H22FN3O4/c1-29-17-7-5-14(6-8-17)11-12-25-20(27)18(24-21(25)28)9-10-19(26)23-16-4-2-3-15(22)13-16/h2-8,13,18H,9-12H2,1H3,(H,23,26)(H,24,28)/t18-/m0/s1. The van der Waals surface area contributed by atoms with Crippen molar-refractivity contribution in [2.75, 3.05) is 19.0 Å². The van der Waals surface area contributed by atoms with Crippen molar-refractivity contribution >= 4 is 23.5 Å².